The number of imide groups is 1. The molecular weight excluding hydrogens is 315 g/mol. The van der Waals surface area contributed by atoms with Gasteiger partial charge in [-0.3, -0.25) is 24.6 Å². The molecule has 3 rings (SSSR count). The van der Waals surface area contributed by atoms with Crippen molar-refractivity contribution in [1.29, 1.82) is 0 Å². The minimum atomic E-state index is -1.31. The number of benzene rings is 1. The fraction of sp³-hybridized carbons (Fsp3) is 0.471. The van der Waals surface area contributed by atoms with E-state index in [0.717, 1.165) is 0 Å². The Bertz CT molecular complexity index is 705. The topological polar surface area (TPSA) is 75.7 Å². The lowest BCUT2D eigenvalue weighted by Gasteiger charge is -2.28. The predicted octanol–water partition coefficient (Wildman–Crippen LogP) is 1.02. The van der Waals surface area contributed by atoms with Crippen LogP contribution in [-0.4, -0.2) is 41.9 Å². The number of hydrogen-bond donors (Lipinski definition) is 1. The normalized spacial score (nSPS) is 32.2. The number of carbonyl (C=O) groups excluding carboxylic acids is 3. The molecule has 1 aromatic rings. The van der Waals surface area contributed by atoms with E-state index in [4.69, 9.17) is 4.74 Å². The molecule has 0 aromatic heterocycles. The lowest BCUT2D eigenvalue weighted by Crippen LogP contribution is -2.53. The van der Waals surface area contributed by atoms with Crippen molar-refractivity contribution in [2.75, 3.05) is 13.7 Å². The van der Waals surface area contributed by atoms with Gasteiger partial charge in [-0.25, -0.2) is 4.39 Å². The highest BCUT2D eigenvalue weighted by Gasteiger charge is 2.66. The van der Waals surface area contributed by atoms with Gasteiger partial charge < -0.3 is 4.74 Å². The first-order chi connectivity index (χ1) is 11.3. The highest BCUT2D eigenvalue weighted by Crippen LogP contribution is 2.48. The van der Waals surface area contributed by atoms with Gasteiger partial charge in [-0.1, -0.05) is 12.1 Å². The van der Waals surface area contributed by atoms with E-state index in [9.17, 15) is 18.8 Å². The van der Waals surface area contributed by atoms with Crippen molar-refractivity contribution in [2.45, 2.75) is 25.4 Å². The summed E-state index contributed by atoms with van der Waals surface area (Å²) in [6.07, 6.45) is 0. The van der Waals surface area contributed by atoms with E-state index in [1.54, 1.807) is 26.0 Å². The maximum Gasteiger partial charge on any atom is 0.326 e. The van der Waals surface area contributed by atoms with E-state index in [1.165, 1.54) is 24.1 Å². The summed E-state index contributed by atoms with van der Waals surface area (Å²) in [5.74, 6) is -3.24. The van der Waals surface area contributed by atoms with Crippen LogP contribution in [-0.2, 0) is 19.1 Å². The molecule has 0 aliphatic carbocycles. The Morgan fingerprint density at radius 2 is 1.92 bits per heavy atom. The summed E-state index contributed by atoms with van der Waals surface area (Å²) in [7, 11) is 1.24. The van der Waals surface area contributed by atoms with Gasteiger partial charge in [0.05, 0.1) is 18.9 Å². The van der Waals surface area contributed by atoms with E-state index >= 15 is 0 Å². The average Bonchev–Trinajstić information content (AvgIpc) is 3.02. The highest BCUT2D eigenvalue weighted by atomic mass is 19.1. The molecule has 0 radical (unpaired) electrons. The van der Waals surface area contributed by atoms with Crippen molar-refractivity contribution in [1.82, 2.24) is 10.2 Å². The number of halogens is 1. The zero-order valence-corrected chi connectivity index (χ0v) is 13.7. The van der Waals surface area contributed by atoms with Crippen LogP contribution in [0.3, 0.4) is 0 Å². The molecule has 2 fully saturated rings. The van der Waals surface area contributed by atoms with E-state index in [1.807, 2.05) is 0 Å². The van der Waals surface area contributed by atoms with Crippen molar-refractivity contribution in [3.05, 3.63) is 35.6 Å². The van der Waals surface area contributed by atoms with E-state index in [2.05, 4.69) is 5.32 Å². The largest absolute Gasteiger partial charge is 0.468 e. The summed E-state index contributed by atoms with van der Waals surface area (Å²) in [5, 5.41) is 3.10. The summed E-state index contributed by atoms with van der Waals surface area (Å²) >= 11 is 0. The van der Waals surface area contributed by atoms with Crippen LogP contribution in [0.15, 0.2) is 24.3 Å². The fourth-order valence-electron chi connectivity index (χ4n) is 3.87. The van der Waals surface area contributed by atoms with Crippen LogP contribution in [0, 0.1) is 17.7 Å². The van der Waals surface area contributed by atoms with Crippen LogP contribution in [0.4, 0.5) is 4.39 Å². The second-order valence-electron chi connectivity index (χ2n) is 6.29. The van der Waals surface area contributed by atoms with Gasteiger partial charge in [0.15, 0.2) is 0 Å². The van der Waals surface area contributed by atoms with Crippen molar-refractivity contribution >= 4 is 17.8 Å². The first-order valence-corrected chi connectivity index (χ1v) is 7.82. The van der Waals surface area contributed by atoms with E-state index < -0.39 is 35.2 Å². The van der Waals surface area contributed by atoms with Gasteiger partial charge in [-0.05, 0) is 31.5 Å². The minimum absolute atomic E-state index is 0.248. The summed E-state index contributed by atoms with van der Waals surface area (Å²) in [6, 6.07) is 5.13. The van der Waals surface area contributed by atoms with Crippen LogP contribution in [0.5, 0.6) is 0 Å². The van der Waals surface area contributed by atoms with E-state index in [-0.39, 0.29) is 18.4 Å². The highest BCUT2D eigenvalue weighted by molar-refractivity contribution is 6.09. The predicted molar refractivity (Wildman–Crippen MR) is 82.1 cm³/mol. The summed E-state index contributed by atoms with van der Waals surface area (Å²) in [5.41, 5.74) is -0.659. The Balaban J connectivity index is 2.09. The Hall–Kier alpha value is -2.28. The molecule has 24 heavy (non-hydrogen) atoms. The molecule has 0 unspecified atom stereocenters. The molecule has 0 spiro atoms. The maximum absolute atomic E-state index is 13.2. The van der Waals surface area contributed by atoms with Gasteiger partial charge in [-0.2, -0.15) is 0 Å². The number of nitrogens with zero attached hydrogens (tertiary/aromatic N) is 1. The monoisotopic (exact) mass is 334 g/mol. The van der Waals surface area contributed by atoms with Crippen LogP contribution in [0.25, 0.3) is 0 Å². The standard InChI is InChI=1S/C17H19FN2O4/c1-4-20-14(21)11-12(15(20)22)17(2,16(23)24-3)19-13(11)9-5-7-10(18)8-6-9/h5-8,11-13,19H,4H2,1-3H3/t11-,12-,13-,17+/m0/s1. The number of amides is 2. The molecule has 2 heterocycles. The second-order valence-corrected chi connectivity index (χ2v) is 6.29. The third-order valence-corrected chi connectivity index (χ3v) is 5.03. The van der Waals surface area contributed by atoms with Crippen molar-refractivity contribution in [3.8, 4) is 0 Å². The van der Waals surface area contributed by atoms with Crippen LogP contribution >= 0.6 is 0 Å². The molecule has 2 saturated heterocycles. The van der Waals surface area contributed by atoms with Gasteiger partial charge in [0.2, 0.25) is 11.8 Å². The van der Waals surface area contributed by atoms with Crippen LogP contribution < -0.4 is 5.32 Å². The molecule has 7 heteroatoms. The van der Waals surface area contributed by atoms with Gasteiger partial charge in [-0.15, -0.1) is 0 Å². The Kier molecular flexibility index (Phi) is 3.91. The average molecular weight is 334 g/mol. The number of hydrogen-bond acceptors (Lipinski definition) is 5. The molecule has 1 N–H and O–H groups in total. The lowest BCUT2D eigenvalue weighted by atomic mass is 9.80. The Morgan fingerprint density at radius 3 is 2.46 bits per heavy atom. The number of likely N-dealkylation sites (tertiary alicyclic amines) is 1. The number of nitrogens with one attached hydrogen (secondary N) is 1. The maximum atomic E-state index is 13.2. The molecule has 128 valence electrons. The number of fused-ring (bicyclic) bond motifs is 1. The van der Waals surface area contributed by atoms with Crippen LogP contribution in [0.2, 0.25) is 0 Å². The zero-order valence-electron chi connectivity index (χ0n) is 13.7. The quantitative estimate of drug-likeness (QED) is 0.660. The number of methoxy groups -OCH3 is 1. The fourth-order valence-corrected chi connectivity index (χ4v) is 3.87. The van der Waals surface area contributed by atoms with Crippen molar-refractivity contribution < 1.29 is 23.5 Å². The zero-order chi connectivity index (χ0) is 17.6. The molecule has 2 aliphatic heterocycles. The molecule has 0 bridgehead atoms. The first-order valence-electron chi connectivity index (χ1n) is 7.82. The Morgan fingerprint density at radius 1 is 1.29 bits per heavy atom. The number of rotatable bonds is 3. The second kappa shape index (κ2) is 5.66. The SMILES string of the molecule is CCN1C(=O)[C@H]2[C@@H](C1=O)[C@](C)(C(=O)OC)N[C@H]2c1ccc(F)cc1. The van der Waals surface area contributed by atoms with Gasteiger partial charge in [0.1, 0.15) is 11.4 Å². The molecule has 2 amide bonds. The third kappa shape index (κ3) is 2.15. The summed E-state index contributed by atoms with van der Waals surface area (Å²) < 4.78 is 18.1. The molecule has 4 atom stereocenters. The molecule has 6 nitrogen and oxygen atoms in total. The van der Waals surface area contributed by atoms with Gasteiger partial charge >= 0.3 is 5.97 Å². The number of esters is 1. The molecular formula is C17H19FN2O4. The van der Waals surface area contributed by atoms with E-state index in [0.29, 0.717) is 5.56 Å². The van der Waals surface area contributed by atoms with Gasteiger partial charge in [0, 0.05) is 12.6 Å². The smallest absolute Gasteiger partial charge is 0.326 e. The van der Waals surface area contributed by atoms with Crippen LogP contribution in [0.1, 0.15) is 25.5 Å². The minimum Gasteiger partial charge on any atom is -0.468 e. The lowest BCUT2D eigenvalue weighted by molar-refractivity contribution is -0.153. The number of ether oxygens (including phenoxy) is 1. The molecule has 0 saturated carbocycles. The molecule has 2 aliphatic rings. The first kappa shape index (κ1) is 16.6. The van der Waals surface area contributed by atoms with Gasteiger partial charge in [0.25, 0.3) is 0 Å². The van der Waals surface area contributed by atoms with Crippen molar-refractivity contribution in [3.63, 3.8) is 0 Å². The summed E-state index contributed by atoms with van der Waals surface area (Å²) in [4.78, 5) is 38.9. The summed E-state index contributed by atoms with van der Waals surface area (Å²) in [6.45, 7) is 3.54. The molecule has 1 aromatic carbocycles. The Labute approximate surface area is 139 Å². The number of carbonyl (C=O) groups is 3. The van der Waals surface area contributed by atoms with Crippen molar-refractivity contribution in [2.24, 2.45) is 11.8 Å². The third-order valence-electron chi connectivity index (χ3n) is 5.03.